The Balaban J connectivity index is 1.49. The van der Waals surface area contributed by atoms with Gasteiger partial charge in [0, 0.05) is 26.4 Å². The molecule has 0 saturated carbocycles. The van der Waals surface area contributed by atoms with Crippen LogP contribution in [-0.4, -0.2) is 16.7 Å². The molecular weight excluding hydrogens is 518 g/mol. The van der Waals surface area contributed by atoms with Gasteiger partial charge in [0.05, 0.1) is 16.7 Å². The molecule has 0 N–H and O–H groups in total. The minimum Gasteiger partial charge on any atom is -0.453 e. The summed E-state index contributed by atoms with van der Waals surface area (Å²) in [7, 11) is -0.160. The van der Waals surface area contributed by atoms with Crippen molar-refractivity contribution < 1.29 is 4.42 Å². The van der Waals surface area contributed by atoms with E-state index in [1.54, 1.807) is 0 Å². The molecule has 9 rings (SSSR count). The van der Waals surface area contributed by atoms with Crippen LogP contribution < -0.4 is 0 Å². The molecule has 0 amide bonds. The lowest BCUT2D eigenvalue weighted by molar-refractivity contribution is 0.658. The van der Waals surface area contributed by atoms with Crippen molar-refractivity contribution in [1.29, 1.82) is 0 Å². The second kappa shape index (κ2) is 8.33. The molecule has 9 aromatic rings. The zero-order valence-corrected chi connectivity index (χ0v) is 23.3. The van der Waals surface area contributed by atoms with E-state index in [4.69, 9.17) is 4.42 Å². The summed E-state index contributed by atoms with van der Waals surface area (Å²) in [6.07, 6.45) is 2.15. The SMILES string of the molecule is C=S(C)c1cccc2c1oc1c(-n3c4ccccc4c4cc5c6ccccc6c6ccccc6c5cc43)cccc12. The van der Waals surface area contributed by atoms with Crippen LogP contribution in [0, 0.1) is 0 Å². The van der Waals surface area contributed by atoms with Crippen LogP contribution in [-0.2, 0) is 0 Å². The Morgan fingerprint density at radius 2 is 1.02 bits per heavy atom. The Bertz CT molecular complexity index is 2560. The van der Waals surface area contributed by atoms with Gasteiger partial charge < -0.3 is 8.98 Å². The van der Waals surface area contributed by atoms with Crippen molar-refractivity contribution in [2.24, 2.45) is 0 Å². The van der Waals surface area contributed by atoms with Gasteiger partial charge in [0.25, 0.3) is 0 Å². The Hall–Kier alpha value is -4.86. The maximum absolute atomic E-state index is 6.76. The molecule has 0 aliphatic rings. The number of benzene rings is 7. The molecule has 0 aliphatic carbocycles. The number of fused-ring (bicyclic) bond motifs is 12. The zero-order chi connectivity index (χ0) is 27.2. The molecular formula is C38H25NOS. The van der Waals surface area contributed by atoms with Gasteiger partial charge in [-0.05, 0) is 68.9 Å². The van der Waals surface area contributed by atoms with Crippen LogP contribution in [0.3, 0.4) is 0 Å². The van der Waals surface area contributed by atoms with Crippen LogP contribution in [0.25, 0.3) is 81.7 Å². The first kappa shape index (κ1) is 22.9. The molecule has 0 spiro atoms. The van der Waals surface area contributed by atoms with E-state index in [2.05, 4.69) is 138 Å². The highest BCUT2D eigenvalue weighted by Gasteiger charge is 2.20. The van der Waals surface area contributed by atoms with E-state index in [1.165, 1.54) is 54.1 Å². The third kappa shape index (κ3) is 3.07. The number of aromatic nitrogens is 1. The summed E-state index contributed by atoms with van der Waals surface area (Å²) in [6, 6.07) is 44.0. The molecule has 2 aromatic heterocycles. The van der Waals surface area contributed by atoms with Gasteiger partial charge in [-0.25, -0.2) is 0 Å². The summed E-state index contributed by atoms with van der Waals surface area (Å²) in [4.78, 5) is 1.16. The number of rotatable bonds is 2. The Labute approximate surface area is 238 Å². The Kier molecular flexibility index (Phi) is 4.65. The summed E-state index contributed by atoms with van der Waals surface area (Å²) in [6.45, 7) is 0. The van der Waals surface area contributed by atoms with Crippen LogP contribution >= 0.6 is 10.5 Å². The minimum atomic E-state index is -0.160. The van der Waals surface area contributed by atoms with Crippen LogP contribution in [0.5, 0.6) is 0 Å². The second-order valence-electron chi connectivity index (χ2n) is 10.9. The van der Waals surface area contributed by atoms with E-state index in [0.717, 1.165) is 32.5 Å². The normalized spacial score (nSPS) is 13.0. The summed E-state index contributed by atoms with van der Waals surface area (Å²) in [5.41, 5.74) is 5.26. The van der Waals surface area contributed by atoms with Gasteiger partial charge in [0.15, 0.2) is 5.58 Å². The zero-order valence-electron chi connectivity index (χ0n) is 22.5. The molecule has 0 bridgehead atoms. The van der Waals surface area contributed by atoms with Gasteiger partial charge in [-0.15, -0.1) is 0 Å². The van der Waals surface area contributed by atoms with E-state index < -0.39 is 0 Å². The number of furan rings is 1. The Morgan fingerprint density at radius 1 is 0.488 bits per heavy atom. The number of hydrogen-bond donors (Lipinski definition) is 0. The van der Waals surface area contributed by atoms with Gasteiger partial charge >= 0.3 is 0 Å². The summed E-state index contributed by atoms with van der Waals surface area (Å²) < 4.78 is 9.16. The maximum atomic E-state index is 6.76. The number of nitrogens with zero attached hydrogens (tertiary/aromatic N) is 1. The van der Waals surface area contributed by atoms with Gasteiger partial charge in [-0.1, -0.05) is 96.9 Å². The lowest BCUT2D eigenvalue weighted by Crippen LogP contribution is -1.94. The van der Waals surface area contributed by atoms with Crippen molar-refractivity contribution in [1.82, 2.24) is 4.57 Å². The highest BCUT2D eigenvalue weighted by molar-refractivity contribution is 8.13. The second-order valence-corrected chi connectivity index (χ2v) is 12.6. The van der Waals surface area contributed by atoms with Crippen molar-refractivity contribution in [3.05, 3.63) is 121 Å². The van der Waals surface area contributed by atoms with Crippen molar-refractivity contribution >= 4 is 92.4 Å². The topological polar surface area (TPSA) is 18.1 Å². The molecule has 2 nitrogen and oxygen atoms in total. The smallest absolute Gasteiger partial charge is 0.159 e. The van der Waals surface area contributed by atoms with Gasteiger partial charge in [-0.2, -0.15) is 10.5 Å². The molecule has 0 fully saturated rings. The molecule has 41 heavy (non-hydrogen) atoms. The van der Waals surface area contributed by atoms with E-state index in [9.17, 15) is 0 Å². The molecule has 3 heteroatoms. The van der Waals surface area contributed by atoms with E-state index in [1.807, 2.05) is 0 Å². The standard InChI is InChI=1S/C38H25NOS/c1-41(2)36-20-10-17-29-28-16-9-19-34(37(28)40-38(29)36)39-33-18-8-7-15-27(33)32-21-30-25-13-5-3-11-23(25)24-12-4-6-14-26(24)31(30)22-35(32)39/h3-22H,1H2,2H3. The highest BCUT2D eigenvalue weighted by Crippen LogP contribution is 2.43. The first-order valence-electron chi connectivity index (χ1n) is 13.9. The van der Waals surface area contributed by atoms with Crippen molar-refractivity contribution in [3.8, 4) is 5.69 Å². The largest absolute Gasteiger partial charge is 0.453 e. The fourth-order valence-electron chi connectivity index (χ4n) is 6.86. The van der Waals surface area contributed by atoms with Crippen molar-refractivity contribution in [2.45, 2.75) is 4.90 Å². The summed E-state index contributed by atoms with van der Waals surface area (Å²) in [5.74, 6) is 4.32. The van der Waals surface area contributed by atoms with E-state index in [-0.39, 0.29) is 10.5 Å². The fraction of sp³-hybridized carbons (Fsp3) is 0.0263. The van der Waals surface area contributed by atoms with Crippen LogP contribution in [0.2, 0.25) is 0 Å². The lowest BCUT2D eigenvalue weighted by atomic mass is 9.93. The van der Waals surface area contributed by atoms with Crippen LogP contribution in [0.15, 0.2) is 131 Å². The maximum Gasteiger partial charge on any atom is 0.159 e. The molecule has 0 saturated heterocycles. The lowest BCUT2D eigenvalue weighted by Gasteiger charge is -2.12. The minimum absolute atomic E-state index is 0.160. The third-order valence-electron chi connectivity index (χ3n) is 8.62. The van der Waals surface area contributed by atoms with Gasteiger partial charge in [0.1, 0.15) is 5.58 Å². The van der Waals surface area contributed by atoms with Crippen LogP contribution in [0.4, 0.5) is 0 Å². The highest BCUT2D eigenvalue weighted by atomic mass is 32.2. The number of para-hydroxylation sites is 3. The summed E-state index contributed by atoms with van der Waals surface area (Å²) >= 11 is 0. The monoisotopic (exact) mass is 543 g/mol. The van der Waals surface area contributed by atoms with Crippen molar-refractivity contribution in [3.63, 3.8) is 0 Å². The fourth-order valence-corrected chi connectivity index (χ4v) is 7.63. The van der Waals surface area contributed by atoms with Gasteiger partial charge in [0.2, 0.25) is 0 Å². The molecule has 1 atom stereocenters. The molecule has 1 unspecified atom stereocenters. The number of hydrogen-bond acceptors (Lipinski definition) is 1. The first-order chi connectivity index (χ1) is 20.2. The van der Waals surface area contributed by atoms with Crippen molar-refractivity contribution in [2.75, 3.05) is 6.26 Å². The third-order valence-corrected chi connectivity index (χ3v) is 9.69. The molecule has 2 heterocycles. The first-order valence-corrected chi connectivity index (χ1v) is 15.7. The molecule has 0 radical (unpaired) electrons. The van der Waals surface area contributed by atoms with E-state index in [0.29, 0.717) is 0 Å². The average Bonchev–Trinajstić information content (AvgIpc) is 3.56. The molecule has 194 valence electrons. The van der Waals surface area contributed by atoms with E-state index >= 15 is 0 Å². The Morgan fingerprint density at radius 3 is 1.71 bits per heavy atom. The molecule has 0 aliphatic heterocycles. The average molecular weight is 544 g/mol. The van der Waals surface area contributed by atoms with Gasteiger partial charge in [-0.3, -0.25) is 0 Å². The molecule has 7 aromatic carbocycles. The predicted octanol–water partition coefficient (Wildman–Crippen LogP) is 10.8. The quantitative estimate of drug-likeness (QED) is 0.157. The van der Waals surface area contributed by atoms with Crippen LogP contribution in [0.1, 0.15) is 0 Å². The predicted molar refractivity (Wildman–Crippen MR) is 179 cm³/mol. The summed E-state index contributed by atoms with van der Waals surface area (Å²) in [5, 5.41) is 12.5.